The van der Waals surface area contributed by atoms with Crippen molar-refractivity contribution in [2.75, 3.05) is 13.7 Å². The fourth-order valence-electron chi connectivity index (χ4n) is 2.48. The van der Waals surface area contributed by atoms with E-state index in [0.29, 0.717) is 5.82 Å². The van der Waals surface area contributed by atoms with Crippen LogP contribution in [0.1, 0.15) is 17.0 Å². The van der Waals surface area contributed by atoms with Crippen LogP contribution in [-0.2, 0) is 13.0 Å². The Morgan fingerprint density at radius 2 is 2.15 bits per heavy atom. The van der Waals surface area contributed by atoms with Crippen LogP contribution in [0.4, 0.5) is 4.39 Å². The van der Waals surface area contributed by atoms with Gasteiger partial charge in [0.2, 0.25) is 0 Å². The Balaban J connectivity index is 2.08. The lowest BCUT2D eigenvalue weighted by atomic mass is 10.0. The number of hydrogen-bond donors (Lipinski definition) is 1. The van der Waals surface area contributed by atoms with E-state index in [-0.39, 0.29) is 11.6 Å². The maximum atomic E-state index is 13.5. The molecule has 0 atom stereocenters. The van der Waals surface area contributed by atoms with Crippen LogP contribution in [0.15, 0.2) is 18.2 Å². The fraction of sp³-hybridized carbons (Fsp3) is 0.333. The number of aromatic nitrogens is 2. The Morgan fingerprint density at radius 3 is 2.95 bits per heavy atom. The van der Waals surface area contributed by atoms with Crippen LogP contribution in [0.25, 0.3) is 11.4 Å². The molecule has 104 valence electrons. The van der Waals surface area contributed by atoms with Crippen molar-refractivity contribution >= 4 is 0 Å². The van der Waals surface area contributed by atoms with Crippen molar-refractivity contribution in [3.8, 4) is 17.1 Å². The lowest BCUT2D eigenvalue weighted by Crippen LogP contribution is -2.26. The molecule has 3 rings (SSSR count). The number of rotatable bonds is 2. The predicted molar refractivity (Wildman–Crippen MR) is 74.1 cm³/mol. The summed E-state index contributed by atoms with van der Waals surface area (Å²) >= 11 is 0. The first-order valence-electron chi connectivity index (χ1n) is 6.60. The molecule has 0 fully saturated rings. The number of nitrogens with zero attached hydrogens (tertiary/aromatic N) is 2. The molecule has 1 aromatic heterocycles. The maximum absolute atomic E-state index is 13.5. The summed E-state index contributed by atoms with van der Waals surface area (Å²) in [6.07, 6.45) is 0.953. The Bertz CT molecular complexity index is 658. The summed E-state index contributed by atoms with van der Waals surface area (Å²) in [7, 11) is 1.45. The highest BCUT2D eigenvalue weighted by Gasteiger charge is 2.16. The average Bonchev–Trinajstić information content (AvgIpc) is 2.47. The van der Waals surface area contributed by atoms with Crippen LogP contribution in [0.5, 0.6) is 5.75 Å². The van der Waals surface area contributed by atoms with Gasteiger partial charge in [0, 0.05) is 17.8 Å². The Hall–Kier alpha value is -2.01. The lowest BCUT2D eigenvalue weighted by Gasteiger charge is -2.18. The predicted octanol–water partition coefficient (Wildman–Crippen LogP) is 2.25. The monoisotopic (exact) mass is 273 g/mol. The molecule has 20 heavy (non-hydrogen) atoms. The van der Waals surface area contributed by atoms with Crippen molar-refractivity contribution in [2.45, 2.75) is 19.9 Å². The highest BCUT2D eigenvalue weighted by molar-refractivity contribution is 5.58. The number of methoxy groups -OCH3 is 1. The molecule has 1 aliphatic heterocycles. The zero-order valence-electron chi connectivity index (χ0n) is 11.5. The Labute approximate surface area is 117 Å². The first-order chi connectivity index (χ1) is 9.69. The fourth-order valence-corrected chi connectivity index (χ4v) is 2.48. The molecule has 0 radical (unpaired) electrons. The molecule has 0 saturated heterocycles. The normalized spacial score (nSPS) is 13.9. The van der Waals surface area contributed by atoms with E-state index in [1.54, 1.807) is 12.1 Å². The van der Waals surface area contributed by atoms with E-state index in [9.17, 15) is 4.39 Å². The topological polar surface area (TPSA) is 47.0 Å². The van der Waals surface area contributed by atoms with Crippen molar-refractivity contribution in [2.24, 2.45) is 0 Å². The largest absolute Gasteiger partial charge is 0.494 e. The van der Waals surface area contributed by atoms with E-state index < -0.39 is 0 Å². The lowest BCUT2D eigenvalue weighted by molar-refractivity contribution is 0.386. The van der Waals surface area contributed by atoms with Gasteiger partial charge in [-0.15, -0.1) is 0 Å². The first-order valence-corrected chi connectivity index (χ1v) is 6.60. The van der Waals surface area contributed by atoms with E-state index in [1.807, 2.05) is 6.92 Å². The van der Waals surface area contributed by atoms with Gasteiger partial charge in [-0.25, -0.2) is 14.4 Å². The molecule has 1 N–H and O–H groups in total. The molecule has 0 aliphatic carbocycles. The number of hydrogen-bond acceptors (Lipinski definition) is 4. The molecule has 0 unspecified atom stereocenters. The quantitative estimate of drug-likeness (QED) is 0.911. The van der Waals surface area contributed by atoms with E-state index in [1.165, 1.54) is 18.7 Å². The van der Waals surface area contributed by atoms with Gasteiger partial charge >= 0.3 is 0 Å². The molecular formula is C15H16FN3O. The third kappa shape index (κ3) is 2.25. The summed E-state index contributed by atoms with van der Waals surface area (Å²) < 4.78 is 18.5. The summed E-state index contributed by atoms with van der Waals surface area (Å²) in [5.41, 5.74) is 4.01. The molecule has 1 aliphatic rings. The van der Waals surface area contributed by atoms with Crippen molar-refractivity contribution in [3.63, 3.8) is 0 Å². The SMILES string of the molecule is COc1cc(-c2nc(C)c3c(n2)CNCC3)ccc1F. The average molecular weight is 273 g/mol. The van der Waals surface area contributed by atoms with Gasteiger partial charge in [0.25, 0.3) is 0 Å². The van der Waals surface area contributed by atoms with Crippen LogP contribution in [-0.4, -0.2) is 23.6 Å². The van der Waals surface area contributed by atoms with Gasteiger partial charge < -0.3 is 10.1 Å². The Morgan fingerprint density at radius 1 is 1.30 bits per heavy atom. The molecule has 0 bridgehead atoms. The van der Waals surface area contributed by atoms with Gasteiger partial charge in [-0.05, 0) is 43.7 Å². The second kappa shape index (κ2) is 5.17. The number of aryl methyl sites for hydroxylation is 1. The van der Waals surface area contributed by atoms with E-state index in [4.69, 9.17) is 4.74 Å². The van der Waals surface area contributed by atoms with Crippen LogP contribution in [0.2, 0.25) is 0 Å². The highest BCUT2D eigenvalue weighted by Crippen LogP contribution is 2.26. The van der Waals surface area contributed by atoms with Gasteiger partial charge in [-0.2, -0.15) is 0 Å². The van der Waals surface area contributed by atoms with Crippen LogP contribution < -0.4 is 10.1 Å². The third-order valence-electron chi connectivity index (χ3n) is 3.55. The van der Waals surface area contributed by atoms with Crippen molar-refractivity contribution in [1.82, 2.24) is 15.3 Å². The van der Waals surface area contributed by atoms with E-state index in [2.05, 4.69) is 15.3 Å². The molecule has 1 aromatic carbocycles. The molecule has 2 heterocycles. The number of ether oxygens (including phenoxy) is 1. The number of nitrogens with one attached hydrogen (secondary N) is 1. The molecular weight excluding hydrogens is 257 g/mol. The number of benzene rings is 1. The van der Waals surface area contributed by atoms with Gasteiger partial charge in [0.1, 0.15) is 0 Å². The van der Waals surface area contributed by atoms with Crippen LogP contribution >= 0.6 is 0 Å². The highest BCUT2D eigenvalue weighted by atomic mass is 19.1. The van der Waals surface area contributed by atoms with Gasteiger partial charge in [0.15, 0.2) is 17.4 Å². The first kappa shape index (κ1) is 13.0. The van der Waals surface area contributed by atoms with E-state index >= 15 is 0 Å². The number of fused-ring (bicyclic) bond motifs is 1. The minimum absolute atomic E-state index is 0.208. The minimum atomic E-state index is -0.382. The third-order valence-corrected chi connectivity index (χ3v) is 3.55. The molecule has 2 aromatic rings. The molecule has 4 nitrogen and oxygen atoms in total. The second-order valence-electron chi connectivity index (χ2n) is 4.83. The zero-order chi connectivity index (χ0) is 14.1. The van der Waals surface area contributed by atoms with Crippen LogP contribution in [0.3, 0.4) is 0 Å². The molecule has 5 heteroatoms. The molecule has 0 amide bonds. The summed E-state index contributed by atoms with van der Waals surface area (Å²) in [5, 5.41) is 3.30. The smallest absolute Gasteiger partial charge is 0.165 e. The van der Waals surface area contributed by atoms with Crippen molar-refractivity contribution < 1.29 is 9.13 Å². The summed E-state index contributed by atoms with van der Waals surface area (Å²) in [5.74, 6) is 0.440. The summed E-state index contributed by atoms with van der Waals surface area (Å²) in [6.45, 7) is 3.71. The molecule has 0 saturated carbocycles. The summed E-state index contributed by atoms with van der Waals surface area (Å²) in [6, 6.07) is 4.69. The molecule has 0 spiro atoms. The van der Waals surface area contributed by atoms with Crippen LogP contribution in [0, 0.1) is 12.7 Å². The summed E-state index contributed by atoms with van der Waals surface area (Å²) in [4.78, 5) is 9.14. The number of halogens is 1. The Kier molecular flexibility index (Phi) is 3.36. The van der Waals surface area contributed by atoms with Crippen molar-refractivity contribution in [1.29, 1.82) is 0 Å². The van der Waals surface area contributed by atoms with Crippen molar-refractivity contribution in [3.05, 3.63) is 41.0 Å². The van der Waals surface area contributed by atoms with Gasteiger partial charge in [-0.1, -0.05) is 0 Å². The standard InChI is InChI=1S/C15H16FN3O/c1-9-11-5-6-17-8-13(11)19-15(18-9)10-3-4-12(16)14(7-10)20-2/h3-4,7,17H,5-6,8H2,1-2H3. The van der Waals surface area contributed by atoms with Gasteiger partial charge in [0.05, 0.1) is 12.8 Å². The zero-order valence-corrected chi connectivity index (χ0v) is 11.5. The van der Waals surface area contributed by atoms with E-state index in [0.717, 1.165) is 36.5 Å². The van der Waals surface area contributed by atoms with Gasteiger partial charge in [-0.3, -0.25) is 0 Å². The minimum Gasteiger partial charge on any atom is -0.494 e. The second-order valence-corrected chi connectivity index (χ2v) is 4.83. The maximum Gasteiger partial charge on any atom is 0.165 e.